The van der Waals surface area contributed by atoms with Crippen molar-refractivity contribution >= 4 is 21.9 Å². The second-order valence-corrected chi connectivity index (χ2v) is 4.14. The lowest BCUT2D eigenvalue weighted by molar-refractivity contribution is -0.134. The molecule has 97 valence electrons. The van der Waals surface area contributed by atoms with Crippen molar-refractivity contribution in [1.82, 2.24) is 0 Å². The first kappa shape index (κ1) is 15.1. The summed E-state index contributed by atoms with van der Waals surface area (Å²) in [5.41, 5.74) is 0. The van der Waals surface area contributed by atoms with E-state index in [1.807, 2.05) is 60.7 Å². The number of carboxylic acids is 1. The topological polar surface area (TPSA) is 55.8 Å². The summed E-state index contributed by atoms with van der Waals surface area (Å²) in [5, 5.41) is 7.42. The van der Waals surface area contributed by atoms with Gasteiger partial charge < -0.3 is 12.7 Å². The van der Waals surface area contributed by atoms with Crippen LogP contribution in [0, 0.1) is 0 Å². The molecule has 0 unspecified atom stereocenters. The van der Waals surface area contributed by atoms with Crippen molar-refractivity contribution in [3.8, 4) is 11.5 Å². The highest BCUT2D eigenvalue weighted by atomic mass is 27.2. The molecule has 4 nitrogen and oxygen atoms in total. The maximum absolute atomic E-state index is 9.00. The normalized spacial score (nSPS) is 8.68. The summed E-state index contributed by atoms with van der Waals surface area (Å²) in [6.45, 7) is 1.08. The summed E-state index contributed by atoms with van der Waals surface area (Å²) in [7, 11) is 0. The SMILES string of the molecule is CC(=O)O.c1ccc([O][Al][O]c2ccccc2)cc1. The van der Waals surface area contributed by atoms with Gasteiger partial charge in [-0.15, -0.1) is 0 Å². The monoisotopic (exact) mass is 273 g/mol. The molecule has 0 saturated carbocycles. The van der Waals surface area contributed by atoms with Crippen LogP contribution >= 0.6 is 0 Å². The van der Waals surface area contributed by atoms with Gasteiger partial charge in [-0.1, -0.05) is 36.4 Å². The zero-order valence-corrected chi connectivity index (χ0v) is 11.7. The Morgan fingerprint density at radius 1 is 0.895 bits per heavy atom. The first-order valence-corrected chi connectivity index (χ1v) is 6.57. The fourth-order valence-corrected chi connectivity index (χ4v) is 1.72. The van der Waals surface area contributed by atoms with Gasteiger partial charge in [0.15, 0.2) is 0 Å². The van der Waals surface area contributed by atoms with Crippen LogP contribution in [0.25, 0.3) is 0 Å². The van der Waals surface area contributed by atoms with Crippen LogP contribution in [-0.4, -0.2) is 27.0 Å². The van der Waals surface area contributed by atoms with E-state index < -0.39 is 21.9 Å². The molecule has 0 amide bonds. The number of para-hydroxylation sites is 2. The molecule has 2 aromatic rings. The molecular formula is C14H14AlO4. The van der Waals surface area contributed by atoms with Crippen LogP contribution in [0.1, 0.15) is 6.92 Å². The number of hydrogen-bond acceptors (Lipinski definition) is 3. The van der Waals surface area contributed by atoms with Crippen LogP contribution in [0.15, 0.2) is 60.7 Å². The number of carbonyl (C=O) groups is 1. The fourth-order valence-electron chi connectivity index (χ4n) is 1.13. The Morgan fingerprint density at radius 2 is 1.21 bits per heavy atom. The third-order valence-electron chi connectivity index (χ3n) is 1.85. The lowest BCUT2D eigenvalue weighted by Gasteiger charge is -2.07. The molecule has 0 aliphatic rings. The second-order valence-electron chi connectivity index (χ2n) is 3.48. The Balaban J connectivity index is 0.000000399. The second kappa shape index (κ2) is 9.04. The molecule has 0 spiro atoms. The van der Waals surface area contributed by atoms with Gasteiger partial charge in [0.25, 0.3) is 5.97 Å². The van der Waals surface area contributed by atoms with Gasteiger partial charge in [-0.2, -0.15) is 0 Å². The van der Waals surface area contributed by atoms with E-state index in [4.69, 9.17) is 17.5 Å². The smallest absolute Gasteiger partial charge is 0.616 e. The van der Waals surface area contributed by atoms with E-state index in [1.165, 1.54) is 0 Å². The molecular weight excluding hydrogens is 259 g/mol. The van der Waals surface area contributed by atoms with Gasteiger partial charge in [0.2, 0.25) is 0 Å². The number of hydrogen-bond donors (Lipinski definition) is 1. The van der Waals surface area contributed by atoms with E-state index in [1.54, 1.807) is 0 Å². The average Bonchev–Trinajstić information content (AvgIpc) is 2.41. The zero-order valence-electron chi connectivity index (χ0n) is 10.5. The minimum atomic E-state index is -0.833. The number of carboxylic acid groups (broad SMARTS) is 1. The molecule has 0 saturated heterocycles. The van der Waals surface area contributed by atoms with Crippen LogP contribution < -0.4 is 7.58 Å². The fraction of sp³-hybridized carbons (Fsp3) is 0.0714. The largest absolute Gasteiger partial charge is 0.881 e. The van der Waals surface area contributed by atoms with Crippen molar-refractivity contribution in [3.05, 3.63) is 60.7 Å². The number of benzene rings is 2. The summed E-state index contributed by atoms with van der Waals surface area (Å²) in [6, 6.07) is 19.4. The third-order valence-corrected chi connectivity index (χ3v) is 2.59. The van der Waals surface area contributed by atoms with Crippen LogP contribution in [0.4, 0.5) is 0 Å². The zero-order chi connectivity index (χ0) is 13.9. The Hall–Kier alpha value is -1.96. The van der Waals surface area contributed by atoms with Gasteiger partial charge in [-0.3, -0.25) is 4.79 Å². The first-order chi connectivity index (χ1) is 9.18. The van der Waals surface area contributed by atoms with Gasteiger partial charge in [-0.05, 0) is 24.3 Å². The van der Waals surface area contributed by atoms with E-state index >= 15 is 0 Å². The number of aliphatic carboxylic acids is 1. The third kappa shape index (κ3) is 7.88. The van der Waals surface area contributed by atoms with E-state index in [9.17, 15) is 0 Å². The molecule has 0 fully saturated rings. The van der Waals surface area contributed by atoms with Crippen molar-refractivity contribution in [3.63, 3.8) is 0 Å². The van der Waals surface area contributed by atoms with Gasteiger partial charge >= 0.3 is 15.9 Å². The summed E-state index contributed by atoms with van der Waals surface area (Å²) in [4.78, 5) is 9.00. The molecule has 0 atom stereocenters. The predicted octanol–water partition coefficient (Wildman–Crippen LogP) is 2.77. The summed E-state index contributed by atoms with van der Waals surface area (Å²) < 4.78 is 10.9. The molecule has 5 heteroatoms. The van der Waals surface area contributed by atoms with Crippen LogP contribution in [-0.2, 0) is 4.79 Å². The van der Waals surface area contributed by atoms with Crippen molar-refractivity contribution in [2.24, 2.45) is 0 Å². The standard InChI is InChI=1S/2C6H6O.C2H4O2.Al/c2*7-6-4-2-1-3-5-6;1-2(3)4;/h2*1-5,7H;1H3,(H,3,4);/q;;;+2/p-2. The number of rotatable bonds is 4. The van der Waals surface area contributed by atoms with Gasteiger partial charge in [-0.25, -0.2) is 0 Å². The van der Waals surface area contributed by atoms with E-state index in [2.05, 4.69) is 0 Å². The molecule has 1 radical (unpaired) electrons. The summed E-state index contributed by atoms with van der Waals surface area (Å²) >= 11 is -0.499. The first-order valence-electron chi connectivity index (χ1n) is 5.63. The molecule has 19 heavy (non-hydrogen) atoms. The Bertz CT molecular complexity index is 430. The van der Waals surface area contributed by atoms with Crippen molar-refractivity contribution in [2.75, 3.05) is 0 Å². The minimum absolute atomic E-state index is 0.499. The van der Waals surface area contributed by atoms with Crippen LogP contribution in [0.5, 0.6) is 11.5 Å². The highest BCUT2D eigenvalue weighted by molar-refractivity contribution is 6.20. The lowest BCUT2D eigenvalue weighted by atomic mass is 10.3. The maximum Gasteiger partial charge on any atom is 0.881 e. The molecule has 0 heterocycles. The molecule has 1 N–H and O–H groups in total. The highest BCUT2D eigenvalue weighted by Gasteiger charge is 2.04. The lowest BCUT2D eigenvalue weighted by Crippen LogP contribution is -2.10. The van der Waals surface area contributed by atoms with Crippen molar-refractivity contribution < 1.29 is 17.5 Å². The Kier molecular flexibility index (Phi) is 7.18. The molecule has 0 bridgehead atoms. The van der Waals surface area contributed by atoms with Gasteiger partial charge in [0.05, 0.1) is 11.5 Å². The van der Waals surface area contributed by atoms with Gasteiger partial charge in [0.1, 0.15) is 0 Å². The molecule has 2 rings (SSSR count). The highest BCUT2D eigenvalue weighted by Crippen LogP contribution is 2.10. The summed E-state index contributed by atoms with van der Waals surface area (Å²) in [6.07, 6.45) is 0. The minimum Gasteiger partial charge on any atom is -0.616 e. The van der Waals surface area contributed by atoms with Gasteiger partial charge in [0, 0.05) is 6.92 Å². The Labute approximate surface area is 119 Å². The van der Waals surface area contributed by atoms with E-state index in [0.29, 0.717) is 0 Å². The Morgan fingerprint density at radius 3 is 1.53 bits per heavy atom. The molecule has 0 aliphatic carbocycles. The average molecular weight is 273 g/mol. The van der Waals surface area contributed by atoms with E-state index in [0.717, 1.165) is 18.4 Å². The quantitative estimate of drug-likeness (QED) is 0.870. The van der Waals surface area contributed by atoms with Crippen molar-refractivity contribution in [1.29, 1.82) is 0 Å². The molecule has 0 aromatic heterocycles. The molecule has 2 aromatic carbocycles. The maximum atomic E-state index is 9.00. The van der Waals surface area contributed by atoms with E-state index in [-0.39, 0.29) is 0 Å². The van der Waals surface area contributed by atoms with Crippen LogP contribution in [0.2, 0.25) is 0 Å². The predicted molar refractivity (Wildman–Crippen MR) is 73.2 cm³/mol. The van der Waals surface area contributed by atoms with Crippen molar-refractivity contribution in [2.45, 2.75) is 6.92 Å². The van der Waals surface area contributed by atoms with Crippen LogP contribution in [0.3, 0.4) is 0 Å². The molecule has 0 aliphatic heterocycles. The summed E-state index contributed by atoms with van der Waals surface area (Å²) in [5.74, 6) is 0.867.